The van der Waals surface area contributed by atoms with E-state index in [9.17, 15) is 4.79 Å². The number of hydrogen-bond donors (Lipinski definition) is 2. The Labute approximate surface area is 97.2 Å². The van der Waals surface area contributed by atoms with E-state index in [1.807, 2.05) is 25.1 Å². The van der Waals surface area contributed by atoms with E-state index < -0.39 is 0 Å². The molecule has 1 aromatic carbocycles. The molecule has 2 N–H and O–H groups in total. The second-order valence-electron chi connectivity index (χ2n) is 4.02. The van der Waals surface area contributed by atoms with E-state index in [-0.39, 0.29) is 11.9 Å². The summed E-state index contributed by atoms with van der Waals surface area (Å²) in [6.45, 7) is 2.42. The monoisotopic (exact) mass is 220 g/mol. The van der Waals surface area contributed by atoms with Crippen LogP contribution in [0, 0.1) is 0 Å². The van der Waals surface area contributed by atoms with Gasteiger partial charge in [0.2, 0.25) is 5.91 Å². The molecule has 0 spiro atoms. The Morgan fingerprint density at radius 1 is 1.31 bits per heavy atom. The summed E-state index contributed by atoms with van der Waals surface area (Å²) in [7, 11) is 1.77. The minimum atomic E-state index is 0.0584. The molecule has 0 heterocycles. The highest BCUT2D eigenvalue weighted by molar-refractivity contribution is 5.78. The molecule has 0 aromatic heterocycles. The topological polar surface area (TPSA) is 41.1 Å². The lowest BCUT2D eigenvalue weighted by atomic mass is 10.1. The maximum atomic E-state index is 11.3. The first kappa shape index (κ1) is 12.7. The second kappa shape index (κ2) is 7.01. The molecule has 0 fully saturated rings. The summed E-state index contributed by atoms with van der Waals surface area (Å²) in [4.78, 5) is 11.3. The molecule has 1 aromatic rings. The van der Waals surface area contributed by atoms with Crippen LogP contribution in [0.1, 0.15) is 18.9 Å². The molecule has 0 saturated heterocycles. The SMILES string of the molecule is CNCC(=O)NC(C)CCc1ccccc1. The highest BCUT2D eigenvalue weighted by Crippen LogP contribution is 2.04. The number of likely N-dealkylation sites (N-methyl/N-ethyl adjacent to an activating group) is 1. The molecule has 16 heavy (non-hydrogen) atoms. The zero-order chi connectivity index (χ0) is 11.8. The number of aryl methyl sites for hydroxylation is 1. The maximum Gasteiger partial charge on any atom is 0.234 e. The van der Waals surface area contributed by atoms with Gasteiger partial charge in [0, 0.05) is 6.04 Å². The van der Waals surface area contributed by atoms with Crippen LogP contribution in [0.5, 0.6) is 0 Å². The molecule has 0 aliphatic carbocycles. The van der Waals surface area contributed by atoms with Gasteiger partial charge in [0.1, 0.15) is 0 Å². The largest absolute Gasteiger partial charge is 0.353 e. The van der Waals surface area contributed by atoms with E-state index in [4.69, 9.17) is 0 Å². The van der Waals surface area contributed by atoms with Crippen LogP contribution in [0.3, 0.4) is 0 Å². The van der Waals surface area contributed by atoms with Crippen molar-refractivity contribution in [3.05, 3.63) is 35.9 Å². The van der Waals surface area contributed by atoms with Gasteiger partial charge in [-0.2, -0.15) is 0 Å². The molecule has 0 radical (unpaired) electrons. The Kier molecular flexibility index (Phi) is 5.57. The van der Waals surface area contributed by atoms with E-state index in [1.54, 1.807) is 7.05 Å². The second-order valence-corrected chi connectivity index (χ2v) is 4.02. The molecule has 0 bridgehead atoms. The van der Waals surface area contributed by atoms with Crippen LogP contribution in [-0.4, -0.2) is 25.5 Å². The highest BCUT2D eigenvalue weighted by atomic mass is 16.1. The van der Waals surface area contributed by atoms with Crippen LogP contribution in [0.25, 0.3) is 0 Å². The summed E-state index contributed by atoms with van der Waals surface area (Å²) in [5.74, 6) is 0.0584. The third-order valence-electron chi connectivity index (χ3n) is 2.45. The fraction of sp³-hybridized carbons (Fsp3) is 0.462. The Morgan fingerprint density at radius 3 is 2.62 bits per heavy atom. The number of benzene rings is 1. The van der Waals surface area contributed by atoms with Crippen molar-refractivity contribution in [1.29, 1.82) is 0 Å². The van der Waals surface area contributed by atoms with Gasteiger partial charge in [-0.3, -0.25) is 4.79 Å². The maximum absolute atomic E-state index is 11.3. The van der Waals surface area contributed by atoms with Crippen LogP contribution < -0.4 is 10.6 Å². The van der Waals surface area contributed by atoms with Crippen molar-refractivity contribution in [3.63, 3.8) is 0 Å². The van der Waals surface area contributed by atoms with Gasteiger partial charge in [-0.25, -0.2) is 0 Å². The van der Waals surface area contributed by atoms with Crippen molar-refractivity contribution in [2.45, 2.75) is 25.8 Å². The number of nitrogens with one attached hydrogen (secondary N) is 2. The number of carbonyl (C=O) groups is 1. The summed E-state index contributed by atoms with van der Waals surface area (Å²) in [6, 6.07) is 10.5. The Hall–Kier alpha value is -1.35. The zero-order valence-corrected chi connectivity index (χ0v) is 9.99. The number of rotatable bonds is 6. The first-order valence-electron chi connectivity index (χ1n) is 5.70. The van der Waals surface area contributed by atoms with Crippen molar-refractivity contribution >= 4 is 5.91 Å². The highest BCUT2D eigenvalue weighted by Gasteiger charge is 2.05. The normalized spacial score (nSPS) is 12.1. The van der Waals surface area contributed by atoms with Crippen molar-refractivity contribution in [2.75, 3.05) is 13.6 Å². The van der Waals surface area contributed by atoms with Gasteiger partial charge in [-0.1, -0.05) is 30.3 Å². The van der Waals surface area contributed by atoms with Gasteiger partial charge in [0.05, 0.1) is 6.54 Å². The lowest BCUT2D eigenvalue weighted by Gasteiger charge is -2.13. The molecule has 0 saturated carbocycles. The molecular formula is C13H20N2O. The summed E-state index contributed by atoms with van der Waals surface area (Å²) >= 11 is 0. The number of carbonyl (C=O) groups excluding carboxylic acids is 1. The van der Waals surface area contributed by atoms with Gasteiger partial charge in [0.15, 0.2) is 0 Å². The van der Waals surface area contributed by atoms with Crippen LogP contribution in [0.2, 0.25) is 0 Å². The van der Waals surface area contributed by atoms with E-state index in [1.165, 1.54) is 5.56 Å². The van der Waals surface area contributed by atoms with E-state index in [0.717, 1.165) is 12.8 Å². The van der Waals surface area contributed by atoms with Gasteiger partial charge in [0.25, 0.3) is 0 Å². The van der Waals surface area contributed by atoms with Crippen molar-refractivity contribution < 1.29 is 4.79 Å². The van der Waals surface area contributed by atoms with E-state index >= 15 is 0 Å². The smallest absolute Gasteiger partial charge is 0.234 e. The predicted molar refractivity (Wildman–Crippen MR) is 66.3 cm³/mol. The van der Waals surface area contributed by atoms with Crippen LogP contribution >= 0.6 is 0 Å². The van der Waals surface area contributed by atoms with Crippen molar-refractivity contribution in [3.8, 4) is 0 Å². The van der Waals surface area contributed by atoms with Crippen LogP contribution in [-0.2, 0) is 11.2 Å². The summed E-state index contributed by atoms with van der Waals surface area (Å²) in [5, 5.41) is 5.78. The van der Waals surface area contributed by atoms with E-state index in [2.05, 4.69) is 22.8 Å². The van der Waals surface area contributed by atoms with Crippen LogP contribution in [0.4, 0.5) is 0 Å². The molecule has 1 rings (SSSR count). The van der Waals surface area contributed by atoms with Gasteiger partial charge >= 0.3 is 0 Å². The average molecular weight is 220 g/mol. The van der Waals surface area contributed by atoms with Gasteiger partial charge in [-0.05, 0) is 32.4 Å². The molecule has 3 nitrogen and oxygen atoms in total. The molecule has 0 aliphatic heterocycles. The summed E-state index contributed by atoms with van der Waals surface area (Å²) < 4.78 is 0. The standard InChI is InChI=1S/C13H20N2O/c1-11(15-13(16)10-14-2)8-9-12-6-4-3-5-7-12/h3-7,11,14H,8-10H2,1-2H3,(H,15,16). The third kappa shape index (κ3) is 4.94. The molecule has 3 heteroatoms. The Morgan fingerprint density at radius 2 is 2.00 bits per heavy atom. The lowest BCUT2D eigenvalue weighted by Crippen LogP contribution is -2.38. The lowest BCUT2D eigenvalue weighted by molar-refractivity contribution is -0.120. The number of hydrogen-bond acceptors (Lipinski definition) is 2. The average Bonchev–Trinajstić information content (AvgIpc) is 2.28. The minimum absolute atomic E-state index is 0.0584. The predicted octanol–water partition coefficient (Wildman–Crippen LogP) is 1.34. The molecular weight excluding hydrogens is 200 g/mol. The summed E-state index contributed by atoms with van der Waals surface area (Å²) in [6.07, 6.45) is 1.97. The number of amides is 1. The molecule has 1 atom stereocenters. The molecule has 1 amide bonds. The minimum Gasteiger partial charge on any atom is -0.353 e. The molecule has 0 aliphatic rings. The third-order valence-corrected chi connectivity index (χ3v) is 2.45. The zero-order valence-electron chi connectivity index (χ0n) is 9.99. The quantitative estimate of drug-likeness (QED) is 0.759. The Balaban J connectivity index is 2.25. The summed E-state index contributed by atoms with van der Waals surface area (Å²) in [5.41, 5.74) is 1.32. The van der Waals surface area contributed by atoms with Gasteiger partial charge < -0.3 is 10.6 Å². The van der Waals surface area contributed by atoms with Crippen molar-refractivity contribution in [1.82, 2.24) is 10.6 Å². The Bertz CT molecular complexity index is 311. The fourth-order valence-electron chi connectivity index (χ4n) is 1.59. The van der Waals surface area contributed by atoms with Gasteiger partial charge in [-0.15, -0.1) is 0 Å². The fourth-order valence-corrected chi connectivity index (χ4v) is 1.59. The molecule has 88 valence electrons. The van der Waals surface area contributed by atoms with E-state index in [0.29, 0.717) is 6.54 Å². The van der Waals surface area contributed by atoms with Crippen LogP contribution in [0.15, 0.2) is 30.3 Å². The van der Waals surface area contributed by atoms with Crippen molar-refractivity contribution in [2.24, 2.45) is 0 Å². The molecule has 1 unspecified atom stereocenters. The first-order valence-corrected chi connectivity index (χ1v) is 5.70. The first-order chi connectivity index (χ1) is 7.72.